The lowest BCUT2D eigenvalue weighted by atomic mass is 10.1. The molecule has 0 radical (unpaired) electrons. The molecule has 0 aliphatic carbocycles. The van der Waals surface area contributed by atoms with Crippen LogP contribution in [-0.4, -0.2) is 17.6 Å². The van der Waals surface area contributed by atoms with Crippen LogP contribution in [0.2, 0.25) is 0 Å². The molecule has 1 heterocycles. The van der Waals surface area contributed by atoms with Crippen molar-refractivity contribution in [2.24, 2.45) is 5.73 Å². The maximum Gasteiger partial charge on any atom is 0.145 e. The van der Waals surface area contributed by atoms with Gasteiger partial charge in [0.15, 0.2) is 0 Å². The number of hydrogen-bond donors (Lipinski definition) is 1. The van der Waals surface area contributed by atoms with Gasteiger partial charge in [0.2, 0.25) is 0 Å². The molecule has 0 atom stereocenters. The topological polar surface area (TPSA) is 48.1 Å². The molecule has 2 N–H and O–H groups in total. The van der Waals surface area contributed by atoms with Gasteiger partial charge in [0.25, 0.3) is 0 Å². The molecule has 2 aromatic rings. The summed E-state index contributed by atoms with van der Waals surface area (Å²) in [6.45, 7) is 6.96. The van der Waals surface area contributed by atoms with Crippen LogP contribution in [0.15, 0.2) is 24.3 Å². The van der Waals surface area contributed by atoms with E-state index in [0.29, 0.717) is 0 Å². The average molecular weight is 272 g/mol. The molecular formula is C17H24N2O. The highest BCUT2D eigenvalue weighted by atomic mass is 16.5. The number of aryl methyl sites for hydroxylation is 2. The molecule has 0 saturated heterocycles. The summed E-state index contributed by atoms with van der Waals surface area (Å²) >= 11 is 0. The van der Waals surface area contributed by atoms with Crippen LogP contribution in [0.5, 0.6) is 5.75 Å². The summed E-state index contributed by atoms with van der Waals surface area (Å²) in [4.78, 5) is 4.80. The van der Waals surface area contributed by atoms with E-state index >= 15 is 0 Å². The van der Waals surface area contributed by atoms with Crippen LogP contribution in [0.25, 0.3) is 10.9 Å². The number of para-hydroxylation sites is 1. The second kappa shape index (κ2) is 6.71. The van der Waals surface area contributed by atoms with Crippen molar-refractivity contribution >= 4 is 10.9 Å². The molecule has 0 spiro atoms. The maximum absolute atomic E-state index is 5.88. The fourth-order valence-corrected chi connectivity index (χ4v) is 2.39. The fraction of sp³-hybridized carbons (Fsp3) is 0.471. The first-order valence-electron chi connectivity index (χ1n) is 7.37. The molecule has 0 saturated carbocycles. The molecule has 0 fully saturated rings. The SMILES string of the molecule is Cc1cc(CCCCN)nc2c(OC(C)C)cccc12. The molecule has 1 aromatic carbocycles. The molecule has 0 bridgehead atoms. The lowest BCUT2D eigenvalue weighted by Crippen LogP contribution is -2.07. The largest absolute Gasteiger partial charge is 0.489 e. The minimum Gasteiger partial charge on any atom is -0.489 e. The van der Waals surface area contributed by atoms with Gasteiger partial charge >= 0.3 is 0 Å². The second-order valence-electron chi connectivity index (χ2n) is 5.50. The fourth-order valence-electron chi connectivity index (χ4n) is 2.39. The molecule has 108 valence electrons. The van der Waals surface area contributed by atoms with E-state index in [9.17, 15) is 0 Å². The minimum absolute atomic E-state index is 0.156. The van der Waals surface area contributed by atoms with Gasteiger partial charge < -0.3 is 10.5 Å². The Kier molecular flexibility index (Phi) is 4.96. The van der Waals surface area contributed by atoms with E-state index in [2.05, 4.69) is 19.1 Å². The molecule has 20 heavy (non-hydrogen) atoms. The number of ether oxygens (including phenoxy) is 1. The summed E-state index contributed by atoms with van der Waals surface area (Å²) in [6, 6.07) is 8.31. The Bertz CT molecular complexity index is 578. The number of benzene rings is 1. The third-order valence-corrected chi connectivity index (χ3v) is 3.31. The zero-order valence-electron chi connectivity index (χ0n) is 12.6. The van der Waals surface area contributed by atoms with Gasteiger partial charge in [-0.1, -0.05) is 12.1 Å². The second-order valence-corrected chi connectivity index (χ2v) is 5.50. The summed E-state index contributed by atoms with van der Waals surface area (Å²) in [5.41, 5.74) is 8.91. The van der Waals surface area contributed by atoms with E-state index < -0.39 is 0 Å². The number of rotatable bonds is 6. The van der Waals surface area contributed by atoms with Crippen LogP contribution in [0.3, 0.4) is 0 Å². The maximum atomic E-state index is 5.88. The average Bonchev–Trinajstić information content (AvgIpc) is 2.39. The van der Waals surface area contributed by atoms with Gasteiger partial charge in [-0.2, -0.15) is 0 Å². The first-order chi connectivity index (χ1) is 9.61. The summed E-state index contributed by atoms with van der Waals surface area (Å²) in [5, 5.41) is 1.17. The molecular weight excluding hydrogens is 248 g/mol. The van der Waals surface area contributed by atoms with Crippen molar-refractivity contribution in [3.05, 3.63) is 35.5 Å². The summed E-state index contributed by atoms with van der Waals surface area (Å²) in [5.74, 6) is 0.876. The molecule has 3 nitrogen and oxygen atoms in total. The van der Waals surface area contributed by atoms with Crippen LogP contribution in [0.4, 0.5) is 0 Å². The Morgan fingerprint density at radius 2 is 2.05 bits per heavy atom. The number of aromatic nitrogens is 1. The molecule has 0 aliphatic rings. The standard InChI is InChI=1S/C17H24N2O/c1-12(2)20-16-9-6-8-15-13(3)11-14(19-17(15)16)7-4-5-10-18/h6,8-9,11-12H,4-5,7,10,18H2,1-3H3. The Morgan fingerprint density at radius 1 is 1.25 bits per heavy atom. The van der Waals surface area contributed by atoms with Crippen LogP contribution in [0.1, 0.15) is 37.9 Å². The molecule has 0 aliphatic heterocycles. The first kappa shape index (κ1) is 14.8. The number of nitrogens with two attached hydrogens (primary N) is 1. The van der Waals surface area contributed by atoms with Crippen molar-refractivity contribution in [1.29, 1.82) is 0 Å². The van der Waals surface area contributed by atoms with Crippen molar-refractivity contribution in [3.63, 3.8) is 0 Å². The normalized spacial score (nSPS) is 11.2. The van der Waals surface area contributed by atoms with Crippen LogP contribution < -0.4 is 10.5 Å². The van der Waals surface area contributed by atoms with Gasteiger partial charge in [-0.3, -0.25) is 0 Å². The number of fused-ring (bicyclic) bond motifs is 1. The minimum atomic E-state index is 0.156. The Balaban J connectivity index is 2.38. The van der Waals surface area contributed by atoms with Crippen LogP contribution >= 0.6 is 0 Å². The summed E-state index contributed by atoms with van der Waals surface area (Å²) < 4.78 is 5.88. The van der Waals surface area contributed by atoms with Gasteiger partial charge in [0.1, 0.15) is 11.3 Å². The van der Waals surface area contributed by atoms with Gasteiger partial charge in [-0.05, 0) is 64.3 Å². The van der Waals surface area contributed by atoms with Gasteiger partial charge in [-0.25, -0.2) is 4.98 Å². The van der Waals surface area contributed by atoms with E-state index in [1.54, 1.807) is 0 Å². The predicted molar refractivity (Wildman–Crippen MR) is 84.2 cm³/mol. The monoisotopic (exact) mass is 272 g/mol. The predicted octanol–water partition coefficient (Wildman–Crippen LogP) is 3.61. The van der Waals surface area contributed by atoms with E-state index in [4.69, 9.17) is 15.5 Å². The van der Waals surface area contributed by atoms with Crippen LogP contribution in [0, 0.1) is 6.92 Å². The molecule has 0 amide bonds. The van der Waals surface area contributed by atoms with E-state index in [-0.39, 0.29) is 6.10 Å². The van der Waals surface area contributed by atoms with Crippen LogP contribution in [-0.2, 0) is 6.42 Å². The van der Waals surface area contributed by atoms with Crippen molar-refractivity contribution in [3.8, 4) is 5.75 Å². The Labute approximate surface area is 121 Å². The van der Waals surface area contributed by atoms with Crippen molar-refractivity contribution < 1.29 is 4.74 Å². The van der Waals surface area contributed by atoms with Gasteiger partial charge in [0.05, 0.1) is 6.10 Å². The number of nitrogens with zero attached hydrogens (tertiary/aromatic N) is 1. The summed E-state index contributed by atoms with van der Waals surface area (Å²) in [7, 11) is 0. The molecule has 1 aromatic heterocycles. The lowest BCUT2D eigenvalue weighted by Gasteiger charge is -2.14. The van der Waals surface area contributed by atoms with Crippen molar-refractivity contribution in [2.75, 3.05) is 6.54 Å². The Hall–Kier alpha value is -1.61. The van der Waals surface area contributed by atoms with Crippen molar-refractivity contribution in [2.45, 2.75) is 46.1 Å². The zero-order valence-corrected chi connectivity index (χ0v) is 12.6. The third kappa shape index (κ3) is 3.48. The first-order valence-corrected chi connectivity index (χ1v) is 7.37. The number of pyridine rings is 1. The molecule has 2 rings (SSSR count). The van der Waals surface area contributed by atoms with Crippen molar-refractivity contribution in [1.82, 2.24) is 4.98 Å². The van der Waals surface area contributed by atoms with E-state index in [1.165, 1.54) is 10.9 Å². The third-order valence-electron chi connectivity index (χ3n) is 3.31. The lowest BCUT2D eigenvalue weighted by molar-refractivity contribution is 0.245. The van der Waals surface area contributed by atoms with Gasteiger partial charge in [0, 0.05) is 11.1 Å². The quantitative estimate of drug-likeness (QED) is 0.817. The summed E-state index contributed by atoms with van der Waals surface area (Å²) in [6.07, 6.45) is 3.26. The Morgan fingerprint density at radius 3 is 2.75 bits per heavy atom. The van der Waals surface area contributed by atoms with Gasteiger partial charge in [-0.15, -0.1) is 0 Å². The number of unbranched alkanes of at least 4 members (excludes halogenated alkanes) is 1. The molecule has 3 heteroatoms. The zero-order chi connectivity index (χ0) is 14.5. The molecule has 0 unspecified atom stereocenters. The van der Waals surface area contributed by atoms with E-state index in [0.717, 1.165) is 42.8 Å². The smallest absolute Gasteiger partial charge is 0.145 e. The highest BCUT2D eigenvalue weighted by Gasteiger charge is 2.09. The highest BCUT2D eigenvalue weighted by Crippen LogP contribution is 2.27. The van der Waals surface area contributed by atoms with E-state index in [1.807, 2.05) is 26.0 Å². The highest BCUT2D eigenvalue weighted by molar-refractivity contribution is 5.87. The number of hydrogen-bond acceptors (Lipinski definition) is 3.